The van der Waals surface area contributed by atoms with Crippen LogP contribution in [0.4, 0.5) is 0 Å². The van der Waals surface area contributed by atoms with E-state index in [0.717, 1.165) is 0 Å². The minimum atomic E-state index is -2.32. The Hall–Kier alpha value is 0.899. The molecule has 0 N–H and O–H groups in total. The van der Waals surface area contributed by atoms with Gasteiger partial charge in [-0.25, -0.2) is 0 Å². The molecule has 0 saturated carbocycles. The van der Waals surface area contributed by atoms with Gasteiger partial charge >= 0.3 is 227 Å². The number of hydrogen-bond acceptors (Lipinski definition) is 4. The third-order valence-corrected chi connectivity index (χ3v) is 30.8. The molecular weight excluding hydrogens is 583 g/mol. The number of thioether (sulfide) groups is 2. The van der Waals surface area contributed by atoms with Gasteiger partial charge in [0.1, 0.15) is 0 Å². The Morgan fingerprint density at radius 3 is 1.88 bits per heavy atom. The zero-order chi connectivity index (χ0) is 23.5. The van der Waals surface area contributed by atoms with Crippen molar-refractivity contribution in [1.82, 2.24) is 0 Å². The van der Waals surface area contributed by atoms with Gasteiger partial charge in [-0.05, 0) is 0 Å². The predicted molar refractivity (Wildman–Crippen MR) is 161 cm³/mol. The molecule has 3 rings (SSSR count). The molecule has 0 saturated heterocycles. The maximum absolute atomic E-state index is 2.63. The molecule has 0 bridgehead atoms. The maximum atomic E-state index is 2.63. The van der Waals surface area contributed by atoms with Crippen molar-refractivity contribution >= 4 is 67.5 Å². The molecule has 0 amide bonds. The predicted octanol–water partition coefficient (Wildman–Crippen LogP) is 10.9. The molecule has 0 nitrogen and oxygen atoms in total. The van der Waals surface area contributed by atoms with E-state index < -0.39 is 18.4 Å². The molecule has 3 heterocycles. The summed E-state index contributed by atoms with van der Waals surface area (Å²) in [5.74, 6) is 2.57. The fourth-order valence-corrected chi connectivity index (χ4v) is 29.7. The van der Waals surface area contributed by atoms with Crippen LogP contribution < -0.4 is 2.89 Å². The van der Waals surface area contributed by atoms with Crippen LogP contribution in [0.3, 0.4) is 0 Å². The normalized spacial score (nSPS) is 14.1. The standard InChI is InChI=1S/C16H19S4.3C4H9.Sn/c1-2-3-4-5-7-13-14-16(19-11-10-18-14)15(20-13)12-8-6-9-17-12;3*1-3-4-2;/h6,8H,2-5,7,10-11H2,1H3;3*1,3-4H2,2H3;. The third kappa shape index (κ3) is 7.69. The molecule has 0 atom stereocenters. The number of aryl methyl sites for hydroxylation is 1. The van der Waals surface area contributed by atoms with Crippen molar-refractivity contribution in [1.29, 1.82) is 0 Å². The Morgan fingerprint density at radius 2 is 1.27 bits per heavy atom. The van der Waals surface area contributed by atoms with E-state index in [1.807, 2.05) is 2.89 Å². The van der Waals surface area contributed by atoms with Crippen molar-refractivity contribution in [3.63, 3.8) is 0 Å². The van der Waals surface area contributed by atoms with E-state index in [2.05, 4.69) is 86.0 Å². The second-order valence-corrected chi connectivity index (χ2v) is 28.3. The average Bonchev–Trinajstić information content (AvgIpc) is 3.47. The van der Waals surface area contributed by atoms with Crippen LogP contribution in [0.15, 0.2) is 21.9 Å². The van der Waals surface area contributed by atoms with E-state index in [1.54, 1.807) is 37.7 Å². The summed E-state index contributed by atoms with van der Waals surface area (Å²) >= 11 is 6.38. The molecule has 5 heteroatoms. The van der Waals surface area contributed by atoms with Crippen molar-refractivity contribution in [2.45, 2.75) is 121 Å². The fraction of sp³-hybridized carbons (Fsp3) is 0.714. The molecule has 33 heavy (non-hydrogen) atoms. The van der Waals surface area contributed by atoms with Crippen LogP contribution in [-0.2, 0) is 6.42 Å². The number of rotatable bonds is 16. The summed E-state index contributed by atoms with van der Waals surface area (Å²) in [6, 6.07) is 5.17. The van der Waals surface area contributed by atoms with Crippen LogP contribution in [0.2, 0.25) is 13.3 Å². The van der Waals surface area contributed by atoms with Gasteiger partial charge in [0.2, 0.25) is 0 Å². The van der Waals surface area contributed by atoms with Gasteiger partial charge in [0, 0.05) is 0 Å². The first-order valence-electron chi connectivity index (χ1n) is 13.7. The van der Waals surface area contributed by atoms with Gasteiger partial charge in [0.15, 0.2) is 0 Å². The Morgan fingerprint density at radius 1 is 0.667 bits per heavy atom. The van der Waals surface area contributed by atoms with Gasteiger partial charge in [-0.1, -0.05) is 0 Å². The van der Waals surface area contributed by atoms with E-state index in [-0.39, 0.29) is 0 Å². The fourth-order valence-electron chi connectivity index (χ4n) is 5.08. The molecule has 0 aromatic carbocycles. The zero-order valence-electron chi connectivity index (χ0n) is 21.6. The van der Waals surface area contributed by atoms with Crippen molar-refractivity contribution in [3.8, 4) is 9.75 Å². The van der Waals surface area contributed by atoms with Crippen LogP contribution in [0.1, 0.15) is 96.8 Å². The first kappa shape index (κ1) is 28.5. The molecule has 1 aliphatic heterocycles. The first-order chi connectivity index (χ1) is 16.2. The van der Waals surface area contributed by atoms with E-state index >= 15 is 0 Å². The van der Waals surface area contributed by atoms with Gasteiger partial charge < -0.3 is 0 Å². The Balaban J connectivity index is 1.91. The summed E-state index contributed by atoms with van der Waals surface area (Å²) in [5.41, 5.74) is 0. The summed E-state index contributed by atoms with van der Waals surface area (Å²) < 4.78 is 6.65. The van der Waals surface area contributed by atoms with Crippen molar-refractivity contribution < 1.29 is 0 Å². The summed E-state index contributed by atoms with van der Waals surface area (Å²) in [5, 5.41) is 0. The molecule has 0 spiro atoms. The van der Waals surface area contributed by atoms with Crippen LogP contribution in [0, 0.1) is 0 Å². The van der Waals surface area contributed by atoms with Crippen LogP contribution >= 0.6 is 46.2 Å². The van der Waals surface area contributed by atoms with E-state index in [9.17, 15) is 0 Å². The van der Waals surface area contributed by atoms with E-state index in [1.165, 1.54) is 82.1 Å². The SMILES string of the molecule is CCCCCCc1sc(-c2cc[c]([Sn]([CH2]CCC)([CH2]CCC)[CH2]CCC)s2)c2c1SCCS2. The third-order valence-electron chi connectivity index (χ3n) is 7.10. The number of unbranched alkanes of at least 4 members (excludes halogenated alkanes) is 6. The molecule has 186 valence electrons. The molecular formula is C28H46S4Sn. The van der Waals surface area contributed by atoms with Crippen molar-refractivity contribution in [2.75, 3.05) is 11.5 Å². The van der Waals surface area contributed by atoms with Gasteiger partial charge in [0.25, 0.3) is 0 Å². The summed E-state index contributed by atoms with van der Waals surface area (Å²) in [6.45, 7) is 9.50. The quantitative estimate of drug-likeness (QED) is 0.134. The number of fused-ring (bicyclic) bond motifs is 1. The van der Waals surface area contributed by atoms with Crippen LogP contribution in [0.25, 0.3) is 9.75 Å². The monoisotopic (exact) mass is 630 g/mol. The summed E-state index contributed by atoms with van der Waals surface area (Å²) in [6.07, 6.45) is 15.2. The minimum absolute atomic E-state index is 1.28. The van der Waals surface area contributed by atoms with Gasteiger partial charge in [-0.15, -0.1) is 0 Å². The molecule has 0 aliphatic carbocycles. The average molecular weight is 630 g/mol. The second kappa shape index (κ2) is 15.2. The molecule has 0 unspecified atom stereocenters. The molecule has 0 fully saturated rings. The van der Waals surface area contributed by atoms with E-state index in [4.69, 9.17) is 0 Å². The van der Waals surface area contributed by atoms with Crippen LogP contribution in [0.5, 0.6) is 0 Å². The first-order valence-corrected chi connectivity index (χ1v) is 24.8. The van der Waals surface area contributed by atoms with Crippen molar-refractivity contribution in [2.24, 2.45) is 0 Å². The summed E-state index contributed by atoms with van der Waals surface area (Å²) in [7, 11) is 0. The topological polar surface area (TPSA) is 0 Å². The van der Waals surface area contributed by atoms with Gasteiger partial charge in [0.05, 0.1) is 0 Å². The number of hydrogen-bond donors (Lipinski definition) is 0. The van der Waals surface area contributed by atoms with Gasteiger partial charge in [-0.3, -0.25) is 0 Å². The Bertz CT molecular complexity index is 800. The Kier molecular flexibility index (Phi) is 13.1. The molecule has 2 aromatic heterocycles. The second-order valence-electron chi connectivity index (χ2n) is 9.78. The molecule has 1 aliphatic rings. The zero-order valence-corrected chi connectivity index (χ0v) is 27.7. The molecule has 2 aromatic rings. The van der Waals surface area contributed by atoms with Gasteiger partial charge in [-0.2, -0.15) is 0 Å². The van der Waals surface area contributed by atoms with Crippen LogP contribution in [-0.4, -0.2) is 29.9 Å². The Labute approximate surface area is 225 Å². The van der Waals surface area contributed by atoms with E-state index in [0.29, 0.717) is 0 Å². The molecule has 0 radical (unpaired) electrons. The van der Waals surface area contributed by atoms with Crippen molar-refractivity contribution in [3.05, 3.63) is 17.0 Å². The number of thiophene rings is 2. The summed E-state index contributed by atoms with van der Waals surface area (Å²) in [4.78, 5) is 8.24.